The van der Waals surface area contributed by atoms with E-state index in [-0.39, 0.29) is 5.82 Å². The molecule has 2 aromatic rings. The highest BCUT2D eigenvalue weighted by Gasteiger charge is 2.07. The van der Waals surface area contributed by atoms with Gasteiger partial charge < -0.3 is 4.98 Å². The number of aryl methyl sites for hydroxylation is 1. The van der Waals surface area contributed by atoms with E-state index in [2.05, 4.69) is 20.9 Å². The number of hydrogen-bond acceptors (Lipinski definition) is 0. The van der Waals surface area contributed by atoms with Crippen molar-refractivity contribution >= 4 is 26.8 Å². The van der Waals surface area contributed by atoms with Gasteiger partial charge in [0, 0.05) is 16.1 Å². The molecule has 1 heterocycles. The summed E-state index contributed by atoms with van der Waals surface area (Å²) in [5, 5.41) is 0.926. The van der Waals surface area contributed by atoms with E-state index in [1.165, 1.54) is 6.07 Å². The van der Waals surface area contributed by atoms with Gasteiger partial charge in [-0.1, -0.05) is 6.07 Å². The van der Waals surface area contributed by atoms with Crippen LogP contribution in [0.1, 0.15) is 5.56 Å². The number of benzene rings is 1. The van der Waals surface area contributed by atoms with E-state index < -0.39 is 0 Å². The van der Waals surface area contributed by atoms with E-state index in [0.29, 0.717) is 5.52 Å². The number of aromatic nitrogens is 1. The molecule has 2 rings (SSSR count). The molecular formula is C9H7BrFN. The first kappa shape index (κ1) is 7.80. The molecule has 0 saturated heterocycles. The zero-order valence-corrected chi connectivity index (χ0v) is 8.07. The van der Waals surface area contributed by atoms with Crippen molar-refractivity contribution < 1.29 is 4.39 Å². The molecule has 0 spiro atoms. The maximum Gasteiger partial charge on any atom is 0.147 e. The third-order valence-electron chi connectivity index (χ3n) is 1.94. The summed E-state index contributed by atoms with van der Waals surface area (Å²) < 4.78 is 14.0. The molecule has 0 bridgehead atoms. The monoisotopic (exact) mass is 227 g/mol. The Kier molecular flexibility index (Phi) is 1.68. The average Bonchev–Trinajstić information content (AvgIpc) is 2.42. The molecule has 0 saturated carbocycles. The quantitative estimate of drug-likeness (QED) is 0.711. The summed E-state index contributed by atoms with van der Waals surface area (Å²) in [5.74, 6) is -0.207. The topological polar surface area (TPSA) is 15.8 Å². The van der Waals surface area contributed by atoms with Crippen molar-refractivity contribution in [3.05, 3.63) is 34.2 Å². The lowest BCUT2D eigenvalue weighted by Gasteiger charge is -1.97. The minimum absolute atomic E-state index is 0.207. The Hall–Kier alpha value is -0.830. The van der Waals surface area contributed by atoms with Crippen molar-refractivity contribution in [2.75, 3.05) is 0 Å². The lowest BCUT2D eigenvalue weighted by molar-refractivity contribution is 0.637. The summed E-state index contributed by atoms with van der Waals surface area (Å²) in [6.45, 7) is 1.96. The first-order valence-electron chi connectivity index (χ1n) is 3.62. The molecule has 62 valence electrons. The first-order chi connectivity index (χ1) is 5.70. The molecule has 3 heteroatoms. The second-order valence-corrected chi connectivity index (χ2v) is 3.61. The van der Waals surface area contributed by atoms with Crippen LogP contribution in [0, 0.1) is 12.7 Å². The summed E-state index contributed by atoms with van der Waals surface area (Å²) in [5.41, 5.74) is 1.64. The van der Waals surface area contributed by atoms with Gasteiger partial charge in [-0.25, -0.2) is 4.39 Å². The highest BCUT2D eigenvalue weighted by molar-refractivity contribution is 9.10. The van der Waals surface area contributed by atoms with Crippen LogP contribution in [0.2, 0.25) is 0 Å². The van der Waals surface area contributed by atoms with Crippen LogP contribution in [0.4, 0.5) is 4.39 Å². The van der Waals surface area contributed by atoms with Gasteiger partial charge in [0.25, 0.3) is 0 Å². The van der Waals surface area contributed by atoms with Crippen molar-refractivity contribution in [2.24, 2.45) is 0 Å². The maximum atomic E-state index is 13.1. The Labute approximate surface area is 77.7 Å². The standard InChI is InChI=1S/C9H7BrFN/c1-5-2-3-7(11)9-8(5)6(10)4-12-9/h2-4,12H,1H3. The van der Waals surface area contributed by atoms with Gasteiger partial charge in [0.1, 0.15) is 5.82 Å². The SMILES string of the molecule is Cc1ccc(F)c2[nH]cc(Br)c12. The Bertz CT molecular complexity index is 433. The van der Waals surface area contributed by atoms with Crippen LogP contribution in [-0.4, -0.2) is 4.98 Å². The lowest BCUT2D eigenvalue weighted by Crippen LogP contribution is -1.80. The van der Waals surface area contributed by atoms with E-state index in [4.69, 9.17) is 0 Å². The van der Waals surface area contributed by atoms with Crippen LogP contribution in [-0.2, 0) is 0 Å². The maximum absolute atomic E-state index is 13.1. The Balaban J connectivity index is 2.98. The number of H-pyrrole nitrogens is 1. The molecule has 1 aromatic heterocycles. The van der Waals surface area contributed by atoms with Gasteiger partial charge in [0.15, 0.2) is 0 Å². The molecule has 0 fully saturated rings. The minimum atomic E-state index is -0.207. The van der Waals surface area contributed by atoms with Gasteiger partial charge >= 0.3 is 0 Å². The molecule has 0 aliphatic carbocycles. The largest absolute Gasteiger partial charge is 0.358 e. The molecule has 0 aliphatic rings. The highest BCUT2D eigenvalue weighted by atomic mass is 79.9. The number of rotatable bonds is 0. The molecule has 1 aromatic carbocycles. The van der Waals surface area contributed by atoms with Crippen molar-refractivity contribution in [3.8, 4) is 0 Å². The normalized spacial score (nSPS) is 10.9. The molecule has 0 amide bonds. The molecule has 1 nitrogen and oxygen atoms in total. The number of halogens is 2. The van der Waals surface area contributed by atoms with Gasteiger partial charge in [0.2, 0.25) is 0 Å². The summed E-state index contributed by atoms with van der Waals surface area (Å²) >= 11 is 3.35. The summed E-state index contributed by atoms with van der Waals surface area (Å²) in [4.78, 5) is 2.88. The summed E-state index contributed by atoms with van der Waals surface area (Å²) in [6.07, 6.45) is 1.75. The molecule has 0 radical (unpaired) electrons. The average molecular weight is 228 g/mol. The van der Waals surface area contributed by atoms with Crippen molar-refractivity contribution in [2.45, 2.75) is 6.92 Å². The Morgan fingerprint density at radius 3 is 2.83 bits per heavy atom. The fourth-order valence-electron chi connectivity index (χ4n) is 1.34. The number of aromatic amines is 1. The van der Waals surface area contributed by atoms with E-state index in [1.54, 1.807) is 12.3 Å². The zero-order chi connectivity index (χ0) is 8.72. The van der Waals surface area contributed by atoms with E-state index >= 15 is 0 Å². The van der Waals surface area contributed by atoms with Gasteiger partial charge in [-0.2, -0.15) is 0 Å². The van der Waals surface area contributed by atoms with Gasteiger partial charge in [-0.3, -0.25) is 0 Å². The van der Waals surface area contributed by atoms with Gasteiger partial charge in [0.05, 0.1) is 5.52 Å². The molecular weight excluding hydrogens is 221 g/mol. The fourth-order valence-corrected chi connectivity index (χ4v) is 1.96. The van der Waals surface area contributed by atoms with E-state index in [1.807, 2.05) is 6.92 Å². The summed E-state index contributed by atoms with van der Waals surface area (Å²) in [6, 6.07) is 3.25. The highest BCUT2D eigenvalue weighted by Crippen LogP contribution is 2.28. The van der Waals surface area contributed by atoms with Crippen LogP contribution in [0.15, 0.2) is 22.8 Å². The van der Waals surface area contributed by atoms with Crippen molar-refractivity contribution in [1.82, 2.24) is 4.98 Å². The van der Waals surface area contributed by atoms with Gasteiger partial charge in [-0.15, -0.1) is 0 Å². The Morgan fingerprint density at radius 1 is 1.42 bits per heavy atom. The van der Waals surface area contributed by atoms with Crippen molar-refractivity contribution in [3.63, 3.8) is 0 Å². The lowest BCUT2D eigenvalue weighted by atomic mass is 10.1. The second-order valence-electron chi connectivity index (χ2n) is 2.75. The predicted molar refractivity (Wildman–Crippen MR) is 50.7 cm³/mol. The van der Waals surface area contributed by atoms with E-state index in [0.717, 1.165) is 15.4 Å². The van der Waals surface area contributed by atoms with Gasteiger partial charge in [-0.05, 0) is 34.5 Å². The zero-order valence-electron chi connectivity index (χ0n) is 6.49. The predicted octanol–water partition coefficient (Wildman–Crippen LogP) is 3.38. The van der Waals surface area contributed by atoms with Crippen molar-refractivity contribution in [1.29, 1.82) is 0 Å². The number of fused-ring (bicyclic) bond motifs is 1. The summed E-state index contributed by atoms with van der Waals surface area (Å²) in [7, 11) is 0. The third-order valence-corrected chi connectivity index (χ3v) is 2.57. The van der Waals surface area contributed by atoms with E-state index in [9.17, 15) is 4.39 Å². The van der Waals surface area contributed by atoms with Crippen LogP contribution in [0.5, 0.6) is 0 Å². The van der Waals surface area contributed by atoms with Crippen LogP contribution >= 0.6 is 15.9 Å². The second kappa shape index (κ2) is 2.59. The van der Waals surface area contributed by atoms with Crippen LogP contribution in [0.25, 0.3) is 10.9 Å². The Morgan fingerprint density at radius 2 is 2.17 bits per heavy atom. The van der Waals surface area contributed by atoms with Crippen LogP contribution in [0.3, 0.4) is 0 Å². The number of hydrogen-bond donors (Lipinski definition) is 1. The third kappa shape index (κ3) is 0.966. The molecule has 1 N–H and O–H groups in total. The molecule has 0 atom stereocenters. The molecule has 12 heavy (non-hydrogen) atoms. The smallest absolute Gasteiger partial charge is 0.147 e. The minimum Gasteiger partial charge on any atom is -0.358 e. The number of nitrogens with one attached hydrogen (secondary N) is 1. The van der Waals surface area contributed by atoms with Crippen LogP contribution < -0.4 is 0 Å². The first-order valence-corrected chi connectivity index (χ1v) is 4.41. The molecule has 0 aliphatic heterocycles. The fraction of sp³-hybridized carbons (Fsp3) is 0.111. The molecule has 0 unspecified atom stereocenters.